The molecule has 0 saturated carbocycles. The zero-order valence-electron chi connectivity index (χ0n) is 10.8. The van der Waals surface area contributed by atoms with Crippen molar-refractivity contribution in [1.82, 2.24) is 4.90 Å². The molecule has 1 amide bonds. The molecule has 0 saturated heterocycles. The first kappa shape index (κ1) is 14.1. The molecule has 1 rings (SSSR count). The van der Waals surface area contributed by atoms with Crippen LogP contribution in [-0.4, -0.2) is 22.4 Å². The second-order valence-corrected chi connectivity index (χ2v) is 5.03. The fourth-order valence-electron chi connectivity index (χ4n) is 1.99. The third-order valence-electron chi connectivity index (χ3n) is 2.79. The van der Waals surface area contributed by atoms with E-state index in [0.717, 1.165) is 18.7 Å². The molecule has 0 aliphatic carbocycles. The van der Waals surface area contributed by atoms with Gasteiger partial charge in [-0.05, 0) is 24.7 Å². The van der Waals surface area contributed by atoms with E-state index in [2.05, 4.69) is 19.1 Å². The van der Waals surface area contributed by atoms with Crippen LogP contribution in [0.2, 0.25) is 0 Å². The number of hydrogen-bond donors (Lipinski definition) is 0. The molecule has 0 spiro atoms. The zero-order chi connectivity index (χ0) is 12.7. The molecule has 1 aromatic carbocycles. The summed E-state index contributed by atoms with van der Waals surface area (Å²) in [5, 5.41) is 0.186. The van der Waals surface area contributed by atoms with Gasteiger partial charge in [-0.15, -0.1) is 0 Å². The molecule has 1 atom stereocenters. The van der Waals surface area contributed by atoms with Crippen LogP contribution < -0.4 is 0 Å². The van der Waals surface area contributed by atoms with Crippen LogP contribution in [0.25, 0.3) is 0 Å². The molecular formula is C14H21NOS. The Hall–Kier alpha value is -0.960. The average molecular weight is 251 g/mol. The SMILES string of the molecule is CCSC(=O)N(CC)C(CC)c1ccccc1. The van der Waals surface area contributed by atoms with Crippen molar-refractivity contribution in [3.8, 4) is 0 Å². The highest BCUT2D eigenvalue weighted by molar-refractivity contribution is 8.13. The fourth-order valence-corrected chi connectivity index (χ4v) is 2.66. The molecule has 0 N–H and O–H groups in total. The topological polar surface area (TPSA) is 20.3 Å². The molecule has 0 heterocycles. The van der Waals surface area contributed by atoms with Gasteiger partial charge in [0.25, 0.3) is 5.24 Å². The summed E-state index contributed by atoms with van der Waals surface area (Å²) in [6.07, 6.45) is 0.952. The molecule has 1 unspecified atom stereocenters. The maximum absolute atomic E-state index is 12.0. The van der Waals surface area contributed by atoms with Gasteiger partial charge < -0.3 is 4.90 Å². The molecule has 0 aromatic heterocycles. The number of rotatable bonds is 5. The van der Waals surface area contributed by atoms with E-state index in [1.165, 1.54) is 17.3 Å². The summed E-state index contributed by atoms with van der Waals surface area (Å²) in [5.41, 5.74) is 1.22. The zero-order valence-corrected chi connectivity index (χ0v) is 11.7. The minimum Gasteiger partial charge on any atom is -0.327 e. The first-order chi connectivity index (χ1) is 8.24. The van der Waals surface area contributed by atoms with E-state index >= 15 is 0 Å². The Kier molecular flexibility index (Phi) is 6.12. The summed E-state index contributed by atoms with van der Waals surface area (Å²) in [5.74, 6) is 0.834. The Morgan fingerprint density at radius 1 is 1.24 bits per heavy atom. The lowest BCUT2D eigenvalue weighted by molar-refractivity contribution is 0.201. The summed E-state index contributed by atoms with van der Waals surface area (Å²) in [7, 11) is 0. The smallest absolute Gasteiger partial charge is 0.282 e. The Morgan fingerprint density at radius 2 is 1.88 bits per heavy atom. The lowest BCUT2D eigenvalue weighted by Gasteiger charge is -2.30. The fraction of sp³-hybridized carbons (Fsp3) is 0.500. The highest BCUT2D eigenvalue weighted by atomic mass is 32.2. The Labute approximate surface area is 108 Å². The summed E-state index contributed by atoms with van der Waals surface area (Å²) >= 11 is 1.39. The molecule has 2 nitrogen and oxygen atoms in total. The molecular weight excluding hydrogens is 230 g/mol. The lowest BCUT2D eigenvalue weighted by Crippen LogP contribution is -2.31. The standard InChI is InChI=1S/C14H21NOS/c1-4-13(12-10-8-7-9-11-12)15(5-2)14(16)17-6-3/h7-11,13H,4-6H2,1-3H3. The van der Waals surface area contributed by atoms with Gasteiger partial charge in [-0.3, -0.25) is 4.79 Å². The number of carbonyl (C=O) groups is 1. The lowest BCUT2D eigenvalue weighted by atomic mass is 10.0. The predicted octanol–water partition coefficient (Wildman–Crippen LogP) is 4.33. The van der Waals surface area contributed by atoms with Gasteiger partial charge in [-0.2, -0.15) is 0 Å². The maximum atomic E-state index is 12.0. The number of thioether (sulfide) groups is 1. The van der Waals surface area contributed by atoms with Crippen LogP contribution in [0.3, 0.4) is 0 Å². The molecule has 1 aromatic rings. The van der Waals surface area contributed by atoms with Crippen LogP contribution in [0.1, 0.15) is 38.8 Å². The van der Waals surface area contributed by atoms with Crippen LogP contribution in [0, 0.1) is 0 Å². The Morgan fingerprint density at radius 3 is 2.35 bits per heavy atom. The quantitative estimate of drug-likeness (QED) is 0.776. The Bertz CT molecular complexity index is 339. The molecule has 0 aliphatic heterocycles. The van der Waals surface area contributed by atoms with Gasteiger partial charge >= 0.3 is 0 Å². The molecule has 0 radical (unpaired) electrons. The number of benzene rings is 1. The summed E-state index contributed by atoms with van der Waals surface area (Å²) in [4.78, 5) is 14.0. The Balaban J connectivity index is 2.87. The van der Waals surface area contributed by atoms with Crippen molar-refractivity contribution in [2.24, 2.45) is 0 Å². The second-order valence-electron chi connectivity index (χ2n) is 3.82. The highest BCUT2D eigenvalue weighted by Gasteiger charge is 2.21. The normalized spacial score (nSPS) is 12.2. The van der Waals surface area contributed by atoms with Gasteiger partial charge in [-0.25, -0.2) is 0 Å². The summed E-state index contributed by atoms with van der Waals surface area (Å²) < 4.78 is 0. The van der Waals surface area contributed by atoms with E-state index in [1.54, 1.807) is 0 Å². The van der Waals surface area contributed by atoms with Crippen LogP contribution in [-0.2, 0) is 0 Å². The van der Waals surface area contributed by atoms with Crippen molar-refractivity contribution in [2.45, 2.75) is 33.2 Å². The minimum absolute atomic E-state index is 0.186. The first-order valence-electron chi connectivity index (χ1n) is 6.22. The molecule has 94 valence electrons. The first-order valence-corrected chi connectivity index (χ1v) is 7.21. The van der Waals surface area contributed by atoms with Gasteiger partial charge in [-0.1, -0.05) is 55.9 Å². The van der Waals surface area contributed by atoms with E-state index in [4.69, 9.17) is 0 Å². The van der Waals surface area contributed by atoms with Crippen LogP contribution in [0.5, 0.6) is 0 Å². The van der Waals surface area contributed by atoms with E-state index in [9.17, 15) is 4.79 Å². The molecule has 17 heavy (non-hydrogen) atoms. The predicted molar refractivity (Wildman–Crippen MR) is 75.4 cm³/mol. The third-order valence-corrected chi connectivity index (χ3v) is 3.56. The van der Waals surface area contributed by atoms with Crippen LogP contribution in [0.4, 0.5) is 4.79 Å². The highest BCUT2D eigenvalue weighted by Crippen LogP contribution is 2.26. The van der Waals surface area contributed by atoms with E-state index in [-0.39, 0.29) is 11.3 Å². The van der Waals surface area contributed by atoms with E-state index in [0.29, 0.717) is 0 Å². The van der Waals surface area contributed by atoms with Crippen LogP contribution in [0.15, 0.2) is 30.3 Å². The summed E-state index contributed by atoms with van der Waals surface area (Å²) in [6.45, 7) is 6.95. The second kappa shape index (κ2) is 7.38. The molecule has 0 bridgehead atoms. The third kappa shape index (κ3) is 3.77. The van der Waals surface area contributed by atoms with Gasteiger partial charge in [0.05, 0.1) is 6.04 Å². The van der Waals surface area contributed by atoms with Crippen molar-refractivity contribution in [2.75, 3.05) is 12.3 Å². The molecule has 3 heteroatoms. The number of amides is 1. The van der Waals surface area contributed by atoms with Gasteiger partial charge in [0.1, 0.15) is 0 Å². The van der Waals surface area contributed by atoms with Crippen molar-refractivity contribution >= 4 is 17.0 Å². The van der Waals surface area contributed by atoms with Crippen LogP contribution >= 0.6 is 11.8 Å². The van der Waals surface area contributed by atoms with E-state index < -0.39 is 0 Å². The maximum Gasteiger partial charge on any atom is 0.282 e. The van der Waals surface area contributed by atoms with Crippen molar-refractivity contribution in [3.05, 3.63) is 35.9 Å². The summed E-state index contributed by atoms with van der Waals surface area (Å²) in [6, 6.07) is 10.5. The number of nitrogens with zero attached hydrogens (tertiary/aromatic N) is 1. The van der Waals surface area contributed by atoms with Crippen molar-refractivity contribution in [1.29, 1.82) is 0 Å². The van der Waals surface area contributed by atoms with Gasteiger partial charge in [0.2, 0.25) is 0 Å². The van der Waals surface area contributed by atoms with Gasteiger partial charge in [0, 0.05) is 6.54 Å². The monoisotopic (exact) mass is 251 g/mol. The minimum atomic E-state index is 0.186. The van der Waals surface area contributed by atoms with Crippen molar-refractivity contribution in [3.63, 3.8) is 0 Å². The molecule has 0 aliphatic rings. The number of carbonyl (C=O) groups excluding carboxylic acids is 1. The number of hydrogen-bond acceptors (Lipinski definition) is 2. The van der Waals surface area contributed by atoms with Crippen molar-refractivity contribution < 1.29 is 4.79 Å². The average Bonchev–Trinajstić information content (AvgIpc) is 2.37. The largest absolute Gasteiger partial charge is 0.327 e. The van der Waals surface area contributed by atoms with Gasteiger partial charge in [0.15, 0.2) is 0 Å². The molecule has 0 fully saturated rings. The van der Waals surface area contributed by atoms with E-state index in [1.807, 2.05) is 36.9 Å².